The lowest BCUT2D eigenvalue weighted by molar-refractivity contribution is -0.261. The quantitative estimate of drug-likeness (QED) is 0.0528. The van der Waals surface area contributed by atoms with Crippen LogP contribution >= 0.6 is 0 Å². The number of ether oxygens (including phenoxy) is 5. The molecule has 0 amide bonds. The van der Waals surface area contributed by atoms with Crippen molar-refractivity contribution in [2.24, 2.45) is 40.9 Å². The third kappa shape index (κ3) is 8.05. The van der Waals surface area contributed by atoms with Crippen LogP contribution in [0.3, 0.4) is 0 Å². The lowest BCUT2D eigenvalue weighted by atomic mass is 9.42. The maximum Gasteiger partial charge on any atom is 0.375 e. The normalized spacial score (nSPS) is 32.3. The molecular weight excluding hydrogens is 933 g/mol. The van der Waals surface area contributed by atoms with Crippen LogP contribution in [0.4, 0.5) is 0 Å². The number of hydrogen-bond acceptors (Lipinski definition) is 14. The van der Waals surface area contributed by atoms with E-state index in [4.69, 9.17) is 23.7 Å². The number of likely N-dealkylation sites (tertiary alicyclic amines) is 1. The topological polar surface area (TPSA) is 218 Å². The van der Waals surface area contributed by atoms with Crippen LogP contribution in [0, 0.1) is 40.9 Å². The number of methoxy groups -OCH3 is 1. The Morgan fingerprint density at radius 2 is 1.89 bits per heavy atom. The number of aliphatic hydroxyl groups is 5. The van der Waals surface area contributed by atoms with E-state index in [1.54, 1.807) is 14.0 Å². The summed E-state index contributed by atoms with van der Waals surface area (Å²) in [6.07, 6.45) is 15.0. The molecule has 0 unspecified atom stereocenters. The number of ketones is 1. The monoisotopic (exact) mass is 1000 g/mol. The van der Waals surface area contributed by atoms with E-state index in [-0.39, 0.29) is 115 Å². The number of H-pyrrole nitrogens is 1. The molecule has 15 heteroatoms. The summed E-state index contributed by atoms with van der Waals surface area (Å²) in [6, 6.07) is 6.02. The van der Waals surface area contributed by atoms with Crippen molar-refractivity contribution in [2.75, 3.05) is 66.4 Å². The fourth-order valence-electron chi connectivity index (χ4n) is 15.7. The number of nitrogens with one attached hydrogen (secondary N) is 1. The van der Waals surface area contributed by atoms with Gasteiger partial charge in [-0.3, -0.25) is 9.59 Å². The summed E-state index contributed by atoms with van der Waals surface area (Å²) >= 11 is 0. The zero-order valence-electron chi connectivity index (χ0n) is 42.3. The predicted molar refractivity (Wildman–Crippen MR) is 270 cm³/mol. The van der Waals surface area contributed by atoms with Crippen molar-refractivity contribution in [1.82, 2.24) is 9.88 Å². The van der Waals surface area contributed by atoms with Crippen molar-refractivity contribution in [3.05, 3.63) is 81.3 Å². The molecular formula is C58H72N2O13. The number of benzene rings is 2. The van der Waals surface area contributed by atoms with Crippen LogP contribution < -0.4 is 14.2 Å². The molecule has 3 saturated carbocycles. The molecule has 0 radical (unpaired) electrons. The molecule has 4 aliphatic carbocycles. The molecule has 1 saturated heterocycles. The first-order valence-electron chi connectivity index (χ1n) is 27.0. The zero-order valence-corrected chi connectivity index (χ0v) is 42.3. The standard InChI is InChI=1S/C58H72N2O13/c1-3-70-55(67)53-43(30-64)47-37-21-38(29-63)49(66)41(23-37)40-22-36-10-16-59-46(36)24-35(40)8-7-33(28-62)32-71-51-42-26-57(73-50(42)44(31-65)52(72-53)48(47)51)15-9-34(12-19-61)54-56(13-4-5-14-56)25-39-27-60(17-6-20-69-2)18-11-45(39)58(54,57)68/h9-10,15-16,22,24,30,33-34,38-39,41,45,54,59,61-63,65,68H,3-8,11-14,17-21,23,25-29,31-32H2,1-2H3/b47-37+/t33-,34-,38-,39+,41-,45+,54+,57-,58-/m0/s1. The van der Waals surface area contributed by atoms with E-state index < -0.39 is 48.1 Å². The van der Waals surface area contributed by atoms with Gasteiger partial charge in [-0.05, 0) is 142 Å². The first-order chi connectivity index (χ1) is 35.5. The van der Waals surface area contributed by atoms with Crippen molar-refractivity contribution >= 4 is 34.5 Å². The van der Waals surface area contributed by atoms with Crippen molar-refractivity contribution in [3.63, 3.8) is 0 Å². The Morgan fingerprint density at radius 3 is 2.63 bits per heavy atom. The van der Waals surface area contributed by atoms with E-state index >= 15 is 0 Å². The molecule has 73 heavy (non-hydrogen) atoms. The molecule has 11 rings (SSSR count). The minimum absolute atomic E-state index is 0.0179. The molecule has 4 aliphatic heterocycles. The highest BCUT2D eigenvalue weighted by molar-refractivity contribution is 6.11. The fourth-order valence-corrected chi connectivity index (χ4v) is 15.7. The van der Waals surface area contributed by atoms with Gasteiger partial charge in [0, 0.05) is 93.0 Å². The maximum absolute atomic E-state index is 14.7. The van der Waals surface area contributed by atoms with Crippen LogP contribution in [-0.4, -0.2) is 131 Å². The summed E-state index contributed by atoms with van der Waals surface area (Å²) in [5, 5.41) is 60.1. The lowest BCUT2D eigenvalue weighted by Gasteiger charge is -2.67. The molecule has 2 spiro atoms. The molecule has 6 N–H and O–H groups in total. The molecule has 392 valence electrons. The van der Waals surface area contributed by atoms with Gasteiger partial charge < -0.3 is 59.1 Å². The highest BCUT2D eigenvalue weighted by Gasteiger charge is 2.73. The first kappa shape index (κ1) is 50.3. The molecule has 5 heterocycles. The second-order valence-corrected chi connectivity index (χ2v) is 22.5. The summed E-state index contributed by atoms with van der Waals surface area (Å²) < 4.78 is 32.3. The SMILES string of the molecule is CCOC(=O)C1=C(C=O)/C2=C3/C[C@@H](CO)C(=O)[C@@H](C3)c3cc4cc[nH]c4cc3CC[C@@H](CO)COc3c4c(c(CO)c(c32)O1)O[C@@]1(C=C[C@@H](CCO)[C@@H]2C3(CCCC3)C[C@@H]3CN(CCCOC)CC[C@H]3[C@]21O)C4. The van der Waals surface area contributed by atoms with Crippen LogP contribution in [-0.2, 0) is 43.3 Å². The van der Waals surface area contributed by atoms with Crippen LogP contribution in [0.5, 0.6) is 17.2 Å². The number of aryl methyl sites for hydroxylation is 1. The van der Waals surface area contributed by atoms with Gasteiger partial charge in [0.1, 0.15) is 28.6 Å². The average Bonchev–Trinajstić information content (AvgIpc) is 4.16. The first-order valence-corrected chi connectivity index (χ1v) is 27.0. The Bertz CT molecular complexity index is 2750. The van der Waals surface area contributed by atoms with Crippen LogP contribution in [0.1, 0.15) is 111 Å². The number of carbonyl (C=O) groups excluding carboxylic acids is 3. The van der Waals surface area contributed by atoms with Gasteiger partial charge in [0.15, 0.2) is 11.9 Å². The van der Waals surface area contributed by atoms with E-state index in [2.05, 4.69) is 16.0 Å². The number of aldehydes is 1. The van der Waals surface area contributed by atoms with E-state index in [0.717, 1.165) is 86.6 Å². The minimum Gasteiger partial charge on any atom is -0.492 e. The summed E-state index contributed by atoms with van der Waals surface area (Å²) in [5.41, 5.74) is 1.39. The number of aromatic amines is 1. The third-order valence-electron chi connectivity index (χ3n) is 18.8. The van der Waals surface area contributed by atoms with Gasteiger partial charge in [-0.15, -0.1) is 0 Å². The van der Waals surface area contributed by atoms with Crippen LogP contribution in [0.25, 0.3) is 16.5 Å². The van der Waals surface area contributed by atoms with Gasteiger partial charge in [0.2, 0.25) is 5.76 Å². The van der Waals surface area contributed by atoms with Crippen molar-refractivity contribution in [1.29, 1.82) is 0 Å². The average molecular weight is 1010 g/mol. The summed E-state index contributed by atoms with van der Waals surface area (Å²) in [5.74, 6) is -3.31. The summed E-state index contributed by atoms with van der Waals surface area (Å²) in [4.78, 5) is 48.6. The number of aliphatic hydroxyl groups excluding tert-OH is 4. The molecule has 2 aromatic carbocycles. The predicted octanol–water partition coefficient (Wildman–Crippen LogP) is 6.04. The Morgan fingerprint density at radius 1 is 1.05 bits per heavy atom. The molecule has 8 aliphatic rings. The zero-order chi connectivity index (χ0) is 50.8. The Balaban J connectivity index is 1.14. The number of piperidine rings is 1. The Kier molecular flexibility index (Phi) is 13.8. The number of Topliss-reactive ketones (excluding diaryl/α,β-unsaturated/α-hetero) is 1. The third-order valence-corrected chi connectivity index (χ3v) is 18.8. The van der Waals surface area contributed by atoms with Crippen LogP contribution in [0.2, 0.25) is 0 Å². The molecule has 9 atom stereocenters. The van der Waals surface area contributed by atoms with Gasteiger partial charge in [-0.25, -0.2) is 4.79 Å². The van der Waals surface area contributed by atoms with Crippen LogP contribution in [0.15, 0.2) is 53.5 Å². The summed E-state index contributed by atoms with van der Waals surface area (Å²) in [7, 11) is 1.73. The second-order valence-electron chi connectivity index (χ2n) is 22.5. The number of rotatable bonds is 12. The van der Waals surface area contributed by atoms with Gasteiger partial charge in [-0.2, -0.15) is 0 Å². The molecule has 3 aromatic rings. The van der Waals surface area contributed by atoms with Crippen molar-refractivity contribution < 1.29 is 63.6 Å². The number of nitrogens with zero attached hydrogens (tertiary/aromatic N) is 1. The summed E-state index contributed by atoms with van der Waals surface area (Å²) in [6.45, 7) is 3.48. The lowest BCUT2D eigenvalue weighted by Crippen LogP contribution is -2.75. The number of carbonyl (C=O) groups is 3. The number of hydrogen-bond donors (Lipinski definition) is 6. The number of aromatic nitrogens is 1. The Labute approximate surface area is 426 Å². The molecule has 2 bridgehead atoms. The van der Waals surface area contributed by atoms with E-state index in [1.807, 2.05) is 30.5 Å². The van der Waals surface area contributed by atoms with Gasteiger partial charge in [0.05, 0.1) is 43.1 Å². The fraction of sp³-hybridized carbons (Fsp3) is 0.603. The van der Waals surface area contributed by atoms with Crippen molar-refractivity contribution in [3.8, 4) is 17.2 Å². The van der Waals surface area contributed by atoms with Crippen molar-refractivity contribution in [2.45, 2.75) is 114 Å². The molecule has 1 aromatic heterocycles. The largest absolute Gasteiger partial charge is 0.492 e. The maximum atomic E-state index is 14.7. The number of esters is 1. The minimum atomic E-state index is -1.46. The highest BCUT2D eigenvalue weighted by Crippen LogP contribution is 2.70. The Hall–Kier alpha value is -4.87. The number of fused-ring (bicyclic) bond motifs is 12. The highest BCUT2D eigenvalue weighted by atomic mass is 16.6. The van der Waals surface area contributed by atoms with E-state index in [9.17, 15) is 39.9 Å². The smallest absolute Gasteiger partial charge is 0.375 e. The second kappa shape index (κ2) is 20.0. The van der Waals surface area contributed by atoms with Gasteiger partial charge in [0.25, 0.3) is 0 Å². The molecule has 4 fully saturated rings. The molecule has 15 nitrogen and oxygen atoms in total. The van der Waals surface area contributed by atoms with Gasteiger partial charge >= 0.3 is 5.97 Å². The van der Waals surface area contributed by atoms with E-state index in [1.165, 1.54) is 0 Å². The van der Waals surface area contributed by atoms with E-state index in [0.29, 0.717) is 54.4 Å². The number of allylic oxidation sites excluding steroid dienone is 4. The van der Waals surface area contributed by atoms with Gasteiger partial charge in [-0.1, -0.05) is 24.5 Å².